The summed E-state index contributed by atoms with van der Waals surface area (Å²) in [4.78, 5) is 11.5. The van der Waals surface area contributed by atoms with E-state index in [4.69, 9.17) is 5.84 Å². The predicted molar refractivity (Wildman–Crippen MR) is 63.2 cm³/mol. The third-order valence-corrected chi connectivity index (χ3v) is 3.45. The van der Waals surface area contributed by atoms with Gasteiger partial charge in [0.05, 0.1) is 5.25 Å². The molecule has 0 fully saturated rings. The van der Waals surface area contributed by atoms with E-state index in [-0.39, 0.29) is 10.8 Å². The number of nitrogens with one attached hydrogen (secondary N) is 1. The molecule has 3 N–H and O–H groups in total. The second kappa shape index (κ2) is 6.56. The molecule has 1 aromatic rings. The van der Waals surface area contributed by atoms with Crippen LogP contribution in [0.3, 0.4) is 0 Å². The van der Waals surface area contributed by atoms with E-state index in [2.05, 4.69) is 0 Å². The average molecular weight is 260 g/mol. The molecule has 1 rings (SSSR count). The molecule has 17 heavy (non-hydrogen) atoms. The molecular weight excluding hydrogens is 246 g/mol. The Morgan fingerprint density at radius 2 is 2.24 bits per heavy atom. The fourth-order valence-electron chi connectivity index (χ4n) is 1.32. The molecule has 0 spiro atoms. The fourth-order valence-corrected chi connectivity index (χ4v) is 2.52. The Kier molecular flexibility index (Phi) is 5.37. The number of rotatable bonds is 5. The number of carbonyl (C=O) groups excluding carboxylic acids is 1. The van der Waals surface area contributed by atoms with Crippen LogP contribution in [0.1, 0.15) is 19.8 Å². The van der Waals surface area contributed by atoms with Crippen molar-refractivity contribution >= 4 is 17.7 Å². The summed E-state index contributed by atoms with van der Waals surface area (Å²) in [5.74, 6) is 3.59. The van der Waals surface area contributed by atoms with Crippen LogP contribution in [0.15, 0.2) is 23.1 Å². The molecule has 0 radical (unpaired) electrons. The Labute approximate surface area is 103 Å². The zero-order chi connectivity index (χ0) is 12.8. The zero-order valence-electron chi connectivity index (χ0n) is 9.37. The fraction of sp³-hybridized carbons (Fsp3) is 0.364. The Morgan fingerprint density at radius 3 is 2.82 bits per heavy atom. The van der Waals surface area contributed by atoms with Crippen molar-refractivity contribution in [2.45, 2.75) is 29.9 Å². The molecule has 3 nitrogen and oxygen atoms in total. The first kappa shape index (κ1) is 13.9. The Morgan fingerprint density at radius 1 is 1.53 bits per heavy atom. The van der Waals surface area contributed by atoms with Gasteiger partial charge in [-0.25, -0.2) is 14.6 Å². The number of hydrazine groups is 1. The third kappa shape index (κ3) is 3.98. The van der Waals surface area contributed by atoms with E-state index >= 15 is 0 Å². The molecule has 1 aromatic carbocycles. The summed E-state index contributed by atoms with van der Waals surface area (Å²) in [6, 6.07) is 3.16. The van der Waals surface area contributed by atoms with Gasteiger partial charge in [-0.3, -0.25) is 10.2 Å². The Bertz CT molecular complexity index is 401. The van der Waals surface area contributed by atoms with E-state index in [0.717, 1.165) is 36.4 Å². The van der Waals surface area contributed by atoms with Crippen molar-refractivity contribution in [1.29, 1.82) is 0 Å². The lowest BCUT2D eigenvalue weighted by Gasteiger charge is -2.14. The van der Waals surface area contributed by atoms with Gasteiger partial charge in [0, 0.05) is 4.90 Å². The van der Waals surface area contributed by atoms with Crippen molar-refractivity contribution in [2.75, 3.05) is 0 Å². The van der Waals surface area contributed by atoms with Crippen LogP contribution in [-0.4, -0.2) is 11.2 Å². The summed E-state index contributed by atoms with van der Waals surface area (Å²) in [5, 5.41) is -0.513. The second-order valence-electron chi connectivity index (χ2n) is 3.48. The number of benzene rings is 1. The van der Waals surface area contributed by atoms with Crippen LogP contribution in [0.2, 0.25) is 0 Å². The monoisotopic (exact) mass is 260 g/mol. The highest BCUT2D eigenvalue weighted by Crippen LogP contribution is 2.29. The molecule has 1 amide bonds. The van der Waals surface area contributed by atoms with Crippen LogP contribution in [0.25, 0.3) is 0 Å². The maximum atomic E-state index is 13.4. The van der Waals surface area contributed by atoms with Gasteiger partial charge in [-0.2, -0.15) is 0 Å². The van der Waals surface area contributed by atoms with E-state index in [1.807, 2.05) is 12.3 Å². The molecule has 0 heterocycles. The van der Waals surface area contributed by atoms with Crippen LogP contribution >= 0.6 is 11.8 Å². The quantitative estimate of drug-likeness (QED) is 0.369. The van der Waals surface area contributed by atoms with Crippen molar-refractivity contribution in [1.82, 2.24) is 5.43 Å². The van der Waals surface area contributed by atoms with Gasteiger partial charge in [0.15, 0.2) is 0 Å². The van der Waals surface area contributed by atoms with Gasteiger partial charge in [0.25, 0.3) is 0 Å². The van der Waals surface area contributed by atoms with E-state index < -0.39 is 16.9 Å². The summed E-state index contributed by atoms with van der Waals surface area (Å²) in [7, 11) is 0. The molecule has 0 aliphatic rings. The van der Waals surface area contributed by atoms with Crippen LogP contribution in [-0.2, 0) is 4.79 Å². The van der Waals surface area contributed by atoms with Crippen LogP contribution in [0, 0.1) is 11.6 Å². The lowest BCUT2D eigenvalue weighted by molar-refractivity contribution is -0.120. The summed E-state index contributed by atoms with van der Waals surface area (Å²) in [6.07, 6.45) is 1.30. The molecule has 0 aromatic heterocycles. The molecule has 0 saturated carbocycles. The minimum Gasteiger partial charge on any atom is -0.293 e. The van der Waals surface area contributed by atoms with Gasteiger partial charge < -0.3 is 0 Å². The summed E-state index contributed by atoms with van der Waals surface area (Å²) in [5.41, 5.74) is 2.03. The van der Waals surface area contributed by atoms with Gasteiger partial charge in [-0.1, -0.05) is 13.3 Å². The van der Waals surface area contributed by atoms with Crippen molar-refractivity contribution in [3.63, 3.8) is 0 Å². The van der Waals surface area contributed by atoms with E-state index in [0.29, 0.717) is 6.42 Å². The lowest BCUT2D eigenvalue weighted by Crippen LogP contribution is -2.37. The van der Waals surface area contributed by atoms with E-state index in [9.17, 15) is 13.6 Å². The van der Waals surface area contributed by atoms with Crippen molar-refractivity contribution in [2.24, 2.45) is 5.84 Å². The van der Waals surface area contributed by atoms with E-state index in [1.54, 1.807) is 0 Å². The van der Waals surface area contributed by atoms with Crippen LogP contribution in [0.4, 0.5) is 8.78 Å². The first-order valence-corrected chi connectivity index (χ1v) is 6.08. The topological polar surface area (TPSA) is 55.1 Å². The highest BCUT2D eigenvalue weighted by Gasteiger charge is 2.19. The minimum atomic E-state index is -0.540. The van der Waals surface area contributed by atoms with Gasteiger partial charge >= 0.3 is 0 Å². The third-order valence-electron chi connectivity index (χ3n) is 2.15. The summed E-state index contributed by atoms with van der Waals surface area (Å²) < 4.78 is 26.3. The van der Waals surface area contributed by atoms with Crippen molar-refractivity contribution in [3.05, 3.63) is 29.8 Å². The average Bonchev–Trinajstić information content (AvgIpc) is 2.32. The number of hydrogen-bond donors (Lipinski definition) is 2. The first-order chi connectivity index (χ1) is 8.08. The number of carbonyl (C=O) groups is 1. The maximum absolute atomic E-state index is 13.4. The number of amides is 1. The second-order valence-corrected chi connectivity index (χ2v) is 4.72. The Balaban J connectivity index is 2.85. The van der Waals surface area contributed by atoms with Crippen LogP contribution in [0.5, 0.6) is 0 Å². The summed E-state index contributed by atoms with van der Waals surface area (Å²) in [6.45, 7) is 1.90. The highest BCUT2D eigenvalue weighted by molar-refractivity contribution is 8.00. The zero-order valence-corrected chi connectivity index (χ0v) is 10.2. The minimum absolute atomic E-state index is 0.118. The Hall–Kier alpha value is -1.14. The standard InChI is InChI=1S/C11H14F2N2OS/c1-2-3-9(11(16)15-14)17-10-6-7(12)4-5-8(10)13/h4-6,9H,2-3,14H2,1H3,(H,15,16). The number of hydrogen-bond acceptors (Lipinski definition) is 3. The van der Waals surface area contributed by atoms with Crippen molar-refractivity contribution in [3.8, 4) is 0 Å². The largest absolute Gasteiger partial charge is 0.293 e. The normalized spacial score (nSPS) is 12.2. The predicted octanol–water partition coefficient (Wildman–Crippen LogP) is 2.22. The SMILES string of the molecule is CCCC(Sc1cc(F)ccc1F)C(=O)NN. The van der Waals surface area contributed by atoms with Crippen LogP contribution < -0.4 is 11.3 Å². The molecule has 0 aliphatic carbocycles. The molecule has 6 heteroatoms. The highest BCUT2D eigenvalue weighted by atomic mass is 32.2. The maximum Gasteiger partial charge on any atom is 0.247 e. The smallest absolute Gasteiger partial charge is 0.247 e. The molecule has 0 bridgehead atoms. The first-order valence-electron chi connectivity index (χ1n) is 5.20. The molecular formula is C11H14F2N2OS. The van der Waals surface area contributed by atoms with Gasteiger partial charge in [0.1, 0.15) is 11.6 Å². The van der Waals surface area contributed by atoms with Gasteiger partial charge in [0.2, 0.25) is 5.91 Å². The number of halogens is 2. The van der Waals surface area contributed by atoms with E-state index in [1.165, 1.54) is 0 Å². The molecule has 0 aliphatic heterocycles. The molecule has 0 saturated heterocycles. The number of nitrogens with two attached hydrogens (primary N) is 1. The molecule has 1 unspecified atom stereocenters. The van der Waals surface area contributed by atoms with Gasteiger partial charge in [-0.05, 0) is 24.6 Å². The van der Waals surface area contributed by atoms with Crippen molar-refractivity contribution < 1.29 is 13.6 Å². The summed E-state index contributed by atoms with van der Waals surface area (Å²) >= 11 is 0.980. The number of thioether (sulfide) groups is 1. The van der Waals surface area contributed by atoms with Gasteiger partial charge in [-0.15, -0.1) is 11.8 Å². The lowest BCUT2D eigenvalue weighted by atomic mass is 10.2. The molecule has 94 valence electrons. The molecule has 1 atom stereocenters.